The molecule has 0 saturated carbocycles. The van der Waals surface area contributed by atoms with Crippen LogP contribution >= 0.6 is 0 Å². The maximum atomic E-state index is 9.82. The monoisotopic (exact) mass is 480 g/mol. The van der Waals surface area contributed by atoms with E-state index in [2.05, 4.69) is 37.2 Å². The molecule has 9 nitrogen and oxygen atoms in total. The van der Waals surface area contributed by atoms with Crippen molar-refractivity contribution in [3.8, 4) is 23.2 Å². The van der Waals surface area contributed by atoms with E-state index in [0.29, 0.717) is 37.2 Å². The van der Waals surface area contributed by atoms with Gasteiger partial charge in [0.05, 0.1) is 13.2 Å². The van der Waals surface area contributed by atoms with Gasteiger partial charge in [-0.1, -0.05) is 29.1 Å². The fourth-order valence-corrected chi connectivity index (χ4v) is 3.63. The molecule has 0 spiro atoms. The van der Waals surface area contributed by atoms with Crippen LogP contribution in [0.15, 0.2) is 77.8 Å². The van der Waals surface area contributed by atoms with Crippen molar-refractivity contribution in [1.29, 1.82) is 0 Å². The molecule has 1 atom stereocenters. The summed E-state index contributed by atoms with van der Waals surface area (Å²) in [7, 11) is 0. The van der Waals surface area contributed by atoms with E-state index in [4.69, 9.17) is 9.26 Å². The number of hydrogen-bond acceptors (Lipinski definition) is 7. The van der Waals surface area contributed by atoms with Crippen molar-refractivity contribution >= 4 is 0 Å². The van der Waals surface area contributed by atoms with Crippen molar-refractivity contribution in [2.75, 3.05) is 0 Å². The fourth-order valence-electron chi connectivity index (χ4n) is 3.63. The van der Waals surface area contributed by atoms with Gasteiger partial charge in [0.1, 0.15) is 30.6 Å². The van der Waals surface area contributed by atoms with Crippen LogP contribution in [0.1, 0.15) is 47.1 Å². The molecule has 36 heavy (non-hydrogen) atoms. The highest BCUT2D eigenvalue weighted by Crippen LogP contribution is 2.22. The first-order chi connectivity index (χ1) is 17.6. The molecule has 0 bridgehead atoms. The van der Waals surface area contributed by atoms with E-state index in [9.17, 15) is 5.11 Å². The predicted molar refractivity (Wildman–Crippen MR) is 131 cm³/mol. The van der Waals surface area contributed by atoms with Crippen LogP contribution in [0.2, 0.25) is 0 Å². The molecule has 0 radical (unpaired) electrons. The average Bonchev–Trinajstić information content (AvgIpc) is 3.67. The fraction of sp³-hybridized carbons (Fsp3) is 0.185. The van der Waals surface area contributed by atoms with Crippen LogP contribution in [0.3, 0.4) is 0 Å². The minimum atomic E-state index is -0.650. The normalized spacial score (nSPS) is 11.7. The second-order valence-corrected chi connectivity index (χ2v) is 8.22. The van der Waals surface area contributed by atoms with Crippen molar-refractivity contribution in [3.05, 3.63) is 107 Å². The molecule has 2 aromatic carbocycles. The third-order valence-corrected chi connectivity index (χ3v) is 5.46. The number of benzene rings is 2. The van der Waals surface area contributed by atoms with E-state index in [1.807, 2.05) is 65.4 Å². The van der Waals surface area contributed by atoms with E-state index in [0.717, 1.165) is 27.9 Å². The minimum absolute atomic E-state index is 0.390. The van der Waals surface area contributed by atoms with Crippen LogP contribution in [-0.2, 0) is 24.5 Å². The number of H-pyrrole nitrogens is 1. The number of hydrogen-bond donors (Lipinski definition) is 2. The third kappa shape index (κ3) is 5.75. The highest BCUT2D eigenvalue weighted by molar-refractivity contribution is 5.59. The zero-order valence-electron chi connectivity index (χ0n) is 19.6. The van der Waals surface area contributed by atoms with Crippen LogP contribution in [0.5, 0.6) is 0 Å². The summed E-state index contributed by atoms with van der Waals surface area (Å²) in [6.07, 6.45) is 4.35. The third-order valence-electron chi connectivity index (χ3n) is 5.46. The highest BCUT2D eigenvalue weighted by Gasteiger charge is 2.12. The number of aromatic amines is 1. The minimum Gasteiger partial charge on any atom is -0.385 e. The first kappa shape index (κ1) is 23.2. The van der Waals surface area contributed by atoms with Gasteiger partial charge in [-0.25, -0.2) is 4.98 Å². The molecule has 0 fully saturated rings. The summed E-state index contributed by atoms with van der Waals surface area (Å²) in [5.74, 6) is 8.35. The lowest BCUT2D eigenvalue weighted by Crippen LogP contribution is -2.07. The number of ether oxygens (including phenoxy) is 1. The highest BCUT2D eigenvalue weighted by atomic mass is 16.5. The molecule has 0 saturated heterocycles. The Labute approximate surface area is 207 Å². The van der Waals surface area contributed by atoms with Crippen LogP contribution in [0.4, 0.5) is 0 Å². The summed E-state index contributed by atoms with van der Waals surface area (Å²) in [5.41, 5.74) is 4.55. The SMILES string of the molecule is C[C@H](O)c1nccn1Cc1cc(-c2ccc(C#Cc3ccc(COCc4nnc[nH]4)cc3)cc2)on1. The van der Waals surface area contributed by atoms with E-state index in [1.165, 1.54) is 6.33 Å². The zero-order valence-corrected chi connectivity index (χ0v) is 19.6. The standard InChI is InChI=1S/C27H24N6O3/c1-19(34)27-28-12-13-33(27)15-24-14-25(36-32-24)23-10-8-21(9-11-23)3-2-20-4-6-22(7-5-20)16-35-17-26-29-18-30-31-26/h4-14,18-19,34H,15-17H2,1H3,(H,29,30,31)/t19-/m0/s1. The number of aliphatic hydroxyl groups is 1. The lowest BCUT2D eigenvalue weighted by atomic mass is 10.1. The topological polar surface area (TPSA) is 115 Å². The number of nitrogens with zero attached hydrogens (tertiary/aromatic N) is 5. The van der Waals surface area contributed by atoms with Crippen molar-refractivity contribution in [2.24, 2.45) is 0 Å². The maximum Gasteiger partial charge on any atom is 0.167 e. The number of aromatic nitrogens is 6. The maximum absolute atomic E-state index is 9.82. The summed E-state index contributed by atoms with van der Waals surface area (Å²) in [6.45, 7) is 3.04. The Morgan fingerprint density at radius 1 is 1.06 bits per heavy atom. The average molecular weight is 481 g/mol. The van der Waals surface area contributed by atoms with Crippen molar-refractivity contribution < 1.29 is 14.4 Å². The van der Waals surface area contributed by atoms with Gasteiger partial charge in [0.15, 0.2) is 11.6 Å². The smallest absolute Gasteiger partial charge is 0.167 e. The molecule has 0 aliphatic heterocycles. The molecular formula is C27H24N6O3. The van der Waals surface area contributed by atoms with E-state index < -0.39 is 6.10 Å². The van der Waals surface area contributed by atoms with Gasteiger partial charge in [0.2, 0.25) is 0 Å². The van der Waals surface area contributed by atoms with Crippen molar-refractivity contribution in [1.82, 2.24) is 29.9 Å². The van der Waals surface area contributed by atoms with Gasteiger partial charge >= 0.3 is 0 Å². The van der Waals surface area contributed by atoms with E-state index in [1.54, 1.807) is 13.1 Å². The second-order valence-electron chi connectivity index (χ2n) is 8.22. The van der Waals surface area contributed by atoms with Gasteiger partial charge < -0.3 is 23.9 Å². The molecule has 5 aromatic rings. The van der Waals surface area contributed by atoms with Gasteiger partial charge in [-0.2, -0.15) is 0 Å². The molecule has 0 amide bonds. The summed E-state index contributed by atoms with van der Waals surface area (Å²) in [4.78, 5) is 7.09. The van der Waals surface area contributed by atoms with Crippen LogP contribution in [0.25, 0.3) is 11.3 Å². The van der Waals surface area contributed by atoms with Gasteiger partial charge in [-0.3, -0.25) is 0 Å². The molecule has 3 heterocycles. The van der Waals surface area contributed by atoms with Crippen LogP contribution in [-0.4, -0.2) is 35.0 Å². The Kier molecular flexibility index (Phi) is 6.98. The Balaban J connectivity index is 1.17. The summed E-state index contributed by atoms with van der Waals surface area (Å²) in [5, 5.41) is 21.6. The summed E-state index contributed by atoms with van der Waals surface area (Å²) >= 11 is 0. The number of imidazole rings is 1. The van der Waals surface area contributed by atoms with E-state index in [-0.39, 0.29) is 0 Å². The van der Waals surface area contributed by atoms with Gasteiger partial charge in [-0.05, 0) is 48.9 Å². The predicted octanol–water partition coefficient (Wildman–Crippen LogP) is 3.87. The molecule has 0 aliphatic carbocycles. The largest absolute Gasteiger partial charge is 0.385 e. The number of rotatable bonds is 8. The summed E-state index contributed by atoms with van der Waals surface area (Å²) in [6, 6.07) is 17.7. The van der Waals surface area contributed by atoms with Gasteiger partial charge in [0, 0.05) is 35.2 Å². The number of aliphatic hydroxyl groups excluding tert-OH is 1. The zero-order chi connectivity index (χ0) is 24.7. The van der Waals surface area contributed by atoms with Crippen molar-refractivity contribution in [2.45, 2.75) is 32.8 Å². The van der Waals surface area contributed by atoms with Gasteiger partial charge in [0.25, 0.3) is 0 Å². The Hall–Kier alpha value is -4.52. The quantitative estimate of drug-likeness (QED) is 0.324. The molecule has 180 valence electrons. The molecular weight excluding hydrogens is 456 g/mol. The Bertz CT molecular complexity index is 1460. The molecule has 9 heteroatoms. The first-order valence-corrected chi connectivity index (χ1v) is 11.4. The lowest BCUT2D eigenvalue weighted by molar-refractivity contribution is 0.102. The van der Waals surface area contributed by atoms with Crippen LogP contribution in [0, 0.1) is 11.8 Å². The Morgan fingerprint density at radius 2 is 1.81 bits per heavy atom. The Morgan fingerprint density at radius 3 is 2.50 bits per heavy atom. The van der Waals surface area contributed by atoms with Crippen molar-refractivity contribution in [3.63, 3.8) is 0 Å². The molecule has 2 N–H and O–H groups in total. The molecule has 0 aliphatic rings. The molecule has 0 unspecified atom stereocenters. The van der Waals surface area contributed by atoms with E-state index >= 15 is 0 Å². The molecule has 5 rings (SSSR count). The van der Waals surface area contributed by atoms with Gasteiger partial charge in [-0.15, -0.1) is 10.2 Å². The summed E-state index contributed by atoms with van der Waals surface area (Å²) < 4.78 is 13.0. The van der Waals surface area contributed by atoms with Crippen LogP contribution < -0.4 is 0 Å². The second kappa shape index (κ2) is 10.8. The lowest BCUT2D eigenvalue weighted by Gasteiger charge is -2.07. The first-order valence-electron chi connectivity index (χ1n) is 11.4. The molecule has 3 aromatic heterocycles. The number of nitrogens with one attached hydrogen (secondary N) is 1.